The average molecular weight is 474 g/mol. The normalized spacial score (nSPS) is 14.6. The van der Waals surface area contributed by atoms with Crippen LogP contribution in [0.2, 0.25) is 0 Å². The van der Waals surface area contributed by atoms with Crippen molar-refractivity contribution in [2.24, 2.45) is 11.5 Å². The molecule has 1 heterocycles. The number of aliphatic hydroxyl groups is 1. The second-order valence-electron chi connectivity index (χ2n) is 7.06. The minimum absolute atomic E-state index is 0.00386. The largest absolute Gasteiger partial charge is 0.480 e. The first-order valence-electron chi connectivity index (χ1n) is 10.0. The number of carbonyl (C=O) groups is 4. The predicted molar refractivity (Wildman–Crippen MR) is 118 cm³/mol. The van der Waals surface area contributed by atoms with Crippen LogP contribution < -0.4 is 27.4 Å². The fraction of sp³-hybridized carbons (Fsp3) is 0.611. The number of hydrogen-bond donors (Lipinski definition) is 9. The van der Waals surface area contributed by atoms with Gasteiger partial charge in [0.1, 0.15) is 24.2 Å². The van der Waals surface area contributed by atoms with Gasteiger partial charge in [-0.2, -0.15) is 12.6 Å². The Hall–Kier alpha value is -2.68. The highest BCUT2D eigenvalue weighted by Gasteiger charge is 2.30. The van der Waals surface area contributed by atoms with E-state index in [1.807, 2.05) is 0 Å². The topological polar surface area (TPSA) is 226 Å². The fourth-order valence-electron chi connectivity index (χ4n) is 2.68. The number of imidazole rings is 1. The Bertz CT molecular complexity index is 748. The number of nitrogens with zero attached hydrogens (tertiary/aromatic N) is 1. The third kappa shape index (κ3) is 9.21. The summed E-state index contributed by atoms with van der Waals surface area (Å²) in [6.45, 7) is -0.211. The monoisotopic (exact) mass is 473 g/mol. The zero-order chi connectivity index (χ0) is 24.1. The van der Waals surface area contributed by atoms with Gasteiger partial charge in [0.05, 0.1) is 12.9 Å². The van der Waals surface area contributed by atoms with E-state index in [-0.39, 0.29) is 18.6 Å². The van der Waals surface area contributed by atoms with E-state index in [1.165, 1.54) is 12.5 Å². The van der Waals surface area contributed by atoms with E-state index in [2.05, 4.69) is 38.5 Å². The number of unbranched alkanes of at least 4 members (excludes halogenated alkanes) is 1. The number of nitrogens with one attached hydrogen (secondary N) is 4. The van der Waals surface area contributed by atoms with Gasteiger partial charge in [-0.15, -0.1) is 0 Å². The number of amides is 3. The molecular formula is C18H31N7O6S. The Kier molecular flexibility index (Phi) is 12.3. The SMILES string of the molecule is NCCCCC(NC(=O)C(N)CO)C(=O)NC(Cc1cnc[nH]1)C(=O)NC(CS)C(=O)O. The number of rotatable bonds is 15. The van der Waals surface area contributed by atoms with Gasteiger partial charge in [0, 0.05) is 24.1 Å². The first-order chi connectivity index (χ1) is 15.2. The quantitative estimate of drug-likeness (QED) is 0.0925. The molecule has 32 heavy (non-hydrogen) atoms. The van der Waals surface area contributed by atoms with E-state index in [0.29, 0.717) is 25.1 Å². The Balaban J connectivity index is 2.99. The molecule has 0 aliphatic carbocycles. The summed E-state index contributed by atoms with van der Waals surface area (Å²) in [6, 6.07) is -4.67. The lowest BCUT2D eigenvalue weighted by Gasteiger charge is -2.24. The standard InChI is InChI=1S/C18H31N7O6S/c19-4-2-1-3-12(23-15(27)11(20)7-26)16(28)24-13(5-10-6-21-9-22-10)17(29)25-14(8-32)18(30)31/h6,9,11-14,26,32H,1-5,7-8,19-20H2,(H,21,22)(H,23,27)(H,24,28)(H,25,29)(H,30,31). The van der Waals surface area contributed by atoms with Crippen LogP contribution in [0.25, 0.3) is 0 Å². The molecule has 0 aliphatic heterocycles. The highest BCUT2D eigenvalue weighted by atomic mass is 32.1. The summed E-state index contributed by atoms with van der Waals surface area (Å²) in [6.07, 6.45) is 4.19. The summed E-state index contributed by atoms with van der Waals surface area (Å²) in [7, 11) is 0. The zero-order valence-corrected chi connectivity index (χ0v) is 18.4. The van der Waals surface area contributed by atoms with Crippen LogP contribution in [0.15, 0.2) is 12.5 Å². The van der Waals surface area contributed by atoms with E-state index in [4.69, 9.17) is 21.7 Å². The summed E-state index contributed by atoms with van der Waals surface area (Å²) < 4.78 is 0. The molecule has 0 saturated heterocycles. The second kappa shape index (κ2) is 14.4. The van der Waals surface area contributed by atoms with Crippen molar-refractivity contribution in [1.29, 1.82) is 0 Å². The number of aliphatic carboxylic acids is 1. The number of aromatic amines is 1. The number of carbonyl (C=O) groups excluding carboxylic acids is 3. The van der Waals surface area contributed by atoms with Crippen molar-refractivity contribution in [2.45, 2.75) is 49.9 Å². The Morgan fingerprint density at radius 3 is 2.22 bits per heavy atom. The van der Waals surface area contributed by atoms with Gasteiger partial charge in [-0.1, -0.05) is 0 Å². The Morgan fingerprint density at radius 1 is 1.06 bits per heavy atom. The molecule has 0 bridgehead atoms. The van der Waals surface area contributed by atoms with Crippen LogP contribution in [0.3, 0.4) is 0 Å². The first-order valence-corrected chi connectivity index (χ1v) is 10.6. The molecule has 1 aromatic rings. The summed E-state index contributed by atoms with van der Waals surface area (Å²) in [4.78, 5) is 55.6. The van der Waals surface area contributed by atoms with Gasteiger partial charge in [-0.3, -0.25) is 14.4 Å². The van der Waals surface area contributed by atoms with Gasteiger partial charge in [0.15, 0.2) is 0 Å². The highest BCUT2D eigenvalue weighted by molar-refractivity contribution is 7.80. The van der Waals surface area contributed by atoms with E-state index < -0.39 is 54.5 Å². The van der Waals surface area contributed by atoms with Crippen molar-refractivity contribution in [3.8, 4) is 0 Å². The van der Waals surface area contributed by atoms with E-state index in [9.17, 15) is 19.2 Å². The maximum absolute atomic E-state index is 12.9. The fourth-order valence-corrected chi connectivity index (χ4v) is 2.93. The summed E-state index contributed by atoms with van der Waals surface area (Å²) in [5.41, 5.74) is 11.5. The van der Waals surface area contributed by atoms with Crippen molar-refractivity contribution in [2.75, 3.05) is 18.9 Å². The van der Waals surface area contributed by atoms with E-state index in [1.54, 1.807) is 0 Å². The Morgan fingerprint density at radius 2 is 1.69 bits per heavy atom. The number of hydrogen-bond acceptors (Lipinski definition) is 9. The van der Waals surface area contributed by atoms with Crippen LogP contribution in [-0.2, 0) is 25.6 Å². The van der Waals surface area contributed by atoms with Crippen LogP contribution in [0.5, 0.6) is 0 Å². The van der Waals surface area contributed by atoms with Crippen LogP contribution in [-0.4, -0.2) is 86.9 Å². The lowest BCUT2D eigenvalue weighted by molar-refractivity contribution is -0.141. The van der Waals surface area contributed by atoms with Crippen molar-refractivity contribution < 1.29 is 29.4 Å². The van der Waals surface area contributed by atoms with Crippen molar-refractivity contribution in [1.82, 2.24) is 25.9 Å². The van der Waals surface area contributed by atoms with Gasteiger partial charge in [0.2, 0.25) is 17.7 Å². The highest BCUT2D eigenvalue weighted by Crippen LogP contribution is 2.05. The van der Waals surface area contributed by atoms with Gasteiger partial charge in [-0.25, -0.2) is 9.78 Å². The van der Waals surface area contributed by atoms with Crippen LogP contribution in [0, 0.1) is 0 Å². The van der Waals surface area contributed by atoms with E-state index in [0.717, 1.165) is 0 Å². The molecule has 180 valence electrons. The number of thiol groups is 1. The van der Waals surface area contributed by atoms with Gasteiger partial charge < -0.3 is 42.6 Å². The molecule has 0 fully saturated rings. The number of carboxylic acid groups (broad SMARTS) is 1. The van der Waals surface area contributed by atoms with Crippen LogP contribution in [0.4, 0.5) is 0 Å². The number of aromatic nitrogens is 2. The molecule has 0 aromatic carbocycles. The minimum Gasteiger partial charge on any atom is -0.480 e. The summed E-state index contributed by atoms with van der Waals surface area (Å²) in [5, 5.41) is 25.6. The Labute approximate surface area is 190 Å². The zero-order valence-electron chi connectivity index (χ0n) is 17.5. The van der Waals surface area contributed by atoms with Crippen molar-refractivity contribution in [3.63, 3.8) is 0 Å². The molecule has 0 saturated carbocycles. The predicted octanol–water partition coefficient (Wildman–Crippen LogP) is -3.13. The second-order valence-corrected chi connectivity index (χ2v) is 7.42. The number of aliphatic hydroxyl groups excluding tert-OH is 1. The average Bonchev–Trinajstić information content (AvgIpc) is 3.28. The van der Waals surface area contributed by atoms with Crippen LogP contribution >= 0.6 is 12.6 Å². The molecule has 4 atom stereocenters. The van der Waals surface area contributed by atoms with E-state index >= 15 is 0 Å². The summed E-state index contributed by atoms with van der Waals surface area (Å²) >= 11 is 3.91. The third-order valence-corrected chi connectivity index (χ3v) is 4.89. The molecule has 1 aromatic heterocycles. The molecule has 1 rings (SSSR count). The minimum atomic E-state index is -1.27. The maximum atomic E-state index is 12.9. The van der Waals surface area contributed by atoms with Crippen molar-refractivity contribution in [3.05, 3.63) is 18.2 Å². The number of H-pyrrole nitrogens is 1. The molecule has 4 unspecified atom stereocenters. The van der Waals surface area contributed by atoms with Gasteiger partial charge >= 0.3 is 5.97 Å². The molecule has 13 nitrogen and oxygen atoms in total. The van der Waals surface area contributed by atoms with Crippen molar-refractivity contribution >= 4 is 36.3 Å². The molecule has 10 N–H and O–H groups in total. The number of carboxylic acids is 1. The molecule has 0 aliphatic rings. The lowest BCUT2D eigenvalue weighted by Crippen LogP contribution is -2.58. The molecule has 0 radical (unpaired) electrons. The molecule has 3 amide bonds. The maximum Gasteiger partial charge on any atom is 0.327 e. The third-order valence-electron chi connectivity index (χ3n) is 4.52. The summed E-state index contributed by atoms with van der Waals surface area (Å²) in [5.74, 6) is -3.56. The smallest absolute Gasteiger partial charge is 0.327 e. The van der Waals surface area contributed by atoms with Gasteiger partial charge in [-0.05, 0) is 25.8 Å². The lowest BCUT2D eigenvalue weighted by atomic mass is 10.1. The van der Waals surface area contributed by atoms with Gasteiger partial charge in [0.25, 0.3) is 0 Å². The number of nitrogens with two attached hydrogens (primary N) is 2. The molecule has 0 spiro atoms. The first kappa shape index (κ1) is 27.4. The molecular weight excluding hydrogens is 442 g/mol. The van der Waals surface area contributed by atoms with Crippen LogP contribution in [0.1, 0.15) is 25.0 Å². The molecule has 14 heteroatoms.